The Balaban J connectivity index is 1.52. The lowest BCUT2D eigenvalue weighted by Gasteiger charge is -2.47. The number of likely N-dealkylation sites (tertiary alicyclic amines) is 1. The second-order valence-electron chi connectivity index (χ2n) is 11.3. The van der Waals surface area contributed by atoms with Crippen molar-refractivity contribution in [1.29, 1.82) is 0 Å². The summed E-state index contributed by atoms with van der Waals surface area (Å²) >= 11 is 0. The van der Waals surface area contributed by atoms with Crippen molar-refractivity contribution in [1.82, 2.24) is 24.3 Å². The fourth-order valence-electron chi connectivity index (χ4n) is 6.12. The first-order valence-electron chi connectivity index (χ1n) is 13.7. The number of nitrogens with zero attached hydrogens (tertiary/aromatic N) is 5. The second-order valence-corrected chi connectivity index (χ2v) is 11.3. The first-order valence-corrected chi connectivity index (χ1v) is 13.7. The lowest BCUT2D eigenvalue weighted by atomic mass is 9.85. The van der Waals surface area contributed by atoms with Crippen LogP contribution in [0.5, 0.6) is 0 Å². The average Bonchev–Trinajstić information content (AvgIpc) is 3.43. The molecule has 6 nitrogen and oxygen atoms in total. The van der Waals surface area contributed by atoms with Crippen molar-refractivity contribution in [3.8, 4) is 22.4 Å². The number of fused-ring (bicyclic) bond motifs is 2. The molecule has 3 aromatic heterocycles. The molecule has 1 atom stereocenters. The van der Waals surface area contributed by atoms with E-state index in [4.69, 9.17) is 9.97 Å². The van der Waals surface area contributed by atoms with Gasteiger partial charge >= 0.3 is 0 Å². The van der Waals surface area contributed by atoms with Gasteiger partial charge in [-0.05, 0) is 81.6 Å². The molecule has 0 spiro atoms. The van der Waals surface area contributed by atoms with Crippen molar-refractivity contribution >= 4 is 22.4 Å². The molecule has 0 saturated carbocycles. The van der Waals surface area contributed by atoms with Crippen molar-refractivity contribution in [3.63, 3.8) is 0 Å². The van der Waals surface area contributed by atoms with Crippen LogP contribution in [0.25, 0.3) is 38.8 Å². The van der Waals surface area contributed by atoms with Crippen LogP contribution in [0.15, 0.2) is 79.4 Å². The van der Waals surface area contributed by atoms with Crippen LogP contribution in [0.1, 0.15) is 47.0 Å². The number of anilines is 1. The molecule has 1 fully saturated rings. The summed E-state index contributed by atoms with van der Waals surface area (Å²) in [7, 11) is 0. The van der Waals surface area contributed by atoms with Gasteiger partial charge in [-0.1, -0.05) is 42.8 Å². The van der Waals surface area contributed by atoms with Crippen LogP contribution >= 0.6 is 0 Å². The summed E-state index contributed by atoms with van der Waals surface area (Å²) in [6.45, 7) is 10.4. The highest BCUT2D eigenvalue weighted by atomic mass is 15.3. The Morgan fingerprint density at radius 3 is 2.50 bits per heavy atom. The zero-order valence-corrected chi connectivity index (χ0v) is 22.7. The predicted octanol–water partition coefficient (Wildman–Crippen LogP) is 7.06. The number of hydrogen-bond donors (Lipinski definition) is 1. The van der Waals surface area contributed by atoms with Crippen LogP contribution in [-0.2, 0) is 0 Å². The topological polar surface area (TPSA) is 58.3 Å². The molecule has 0 amide bonds. The van der Waals surface area contributed by atoms with E-state index in [-0.39, 0.29) is 5.54 Å². The van der Waals surface area contributed by atoms with Crippen LogP contribution in [0.2, 0.25) is 0 Å². The Kier molecular flexibility index (Phi) is 6.36. The molecule has 1 aliphatic heterocycles. The minimum absolute atomic E-state index is 0.186. The molecule has 0 aliphatic carbocycles. The summed E-state index contributed by atoms with van der Waals surface area (Å²) in [5, 5.41) is 6.29. The molecule has 1 aliphatic rings. The van der Waals surface area contributed by atoms with E-state index in [1.807, 2.05) is 36.9 Å². The maximum atomic E-state index is 5.32. The molecule has 38 heavy (non-hydrogen) atoms. The first-order chi connectivity index (χ1) is 18.4. The van der Waals surface area contributed by atoms with Crippen LogP contribution in [0.4, 0.5) is 5.95 Å². The van der Waals surface area contributed by atoms with Gasteiger partial charge in [0.25, 0.3) is 0 Å². The zero-order chi connectivity index (χ0) is 26.3. The Morgan fingerprint density at radius 2 is 1.71 bits per heavy atom. The van der Waals surface area contributed by atoms with Crippen LogP contribution in [-0.4, -0.2) is 48.4 Å². The number of aromatic nitrogens is 4. The number of rotatable bonds is 6. The van der Waals surface area contributed by atoms with Gasteiger partial charge in [0.05, 0.1) is 16.8 Å². The zero-order valence-electron chi connectivity index (χ0n) is 22.7. The third-order valence-corrected chi connectivity index (χ3v) is 8.01. The summed E-state index contributed by atoms with van der Waals surface area (Å²) < 4.78 is 2.11. The number of benzene rings is 2. The van der Waals surface area contributed by atoms with E-state index in [0.717, 1.165) is 40.5 Å². The van der Waals surface area contributed by atoms with Gasteiger partial charge in [-0.25, -0.2) is 9.97 Å². The average molecular weight is 505 g/mol. The molecule has 0 radical (unpaired) electrons. The smallest absolute Gasteiger partial charge is 0.209 e. The molecular weight excluding hydrogens is 468 g/mol. The highest BCUT2D eigenvalue weighted by Gasteiger charge is 2.37. The molecule has 5 aromatic rings. The largest absolute Gasteiger partial charge is 0.349 e. The highest BCUT2D eigenvalue weighted by Crippen LogP contribution is 2.38. The van der Waals surface area contributed by atoms with E-state index in [2.05, 4.69) is 89.8 Å². The minimum atomic E-state index is -0.186. The van der Waals surface area contributed by atoms with Gasteiger partial charge in [0.2, 0.25) is 5.95 Å². The molecule has 6 rings (SSSR count). The summed E-state index contributed by atoms with van der Waals surface area (Å²) in [6.07, 6.45) is 11.3. The monoisotopic (exact) mass is 504 g/mol. The molecule has 0 bridgehead atoms. The molecule has 194 valence electrons. The Morgan fingerprint density at radius 1 is 0.921 bits per heavy atom. The number of nitrogens with one attached hydrogen (secondary N) is 1. The molecular formula is C32H36N6. The standard InChI is InChI=1S/C32H36N6/c1-22(2)37-19-8-7-11-27(37)32(3,4)36-31-35-29(24-14-16-33-17-15-24)28(30-34-18-20-38(30)31)26-13-12-23-9-5-6-10-25(23)21-26/h5-6,9-10,12-18,20-22,27H,7-8,11,19H2,1-4H3,(H,35,36). The van der Waals surface area contributed by atoms with Gasteiger partial charge in [0.1, 0.15) is 5.65 Å². The number of imidazole rings is 1. The molecule has 1 saturated heterocycles. The lowest BCUT2D eigenvalue weighted by molar-refractivity contribution is 0.0740. The maximum absolute atomic E-state index is 5.32. The predicted molar refractivity (Wildman–Crippen MR) is 156 cm³/mol. The first kappa shape index (κ1) is 24.6. The summed E-state index contributed by atoms with van der Waals surface area (Å²) in [4.78, 5) is 17.1. The fraction of sp³-hybridized carbons (Fsp3) is 0.344. The van der Waals surface area contributed by atoms with Gasteiger partial charge in [-0.3, -0.25) is 14.3 Å². The molecule has 2 aromatic carbocycles. The number of pyridine rings is 1. The molecule has 4 heterocycles. The van der Waals surface area contributed by atoms with E-state index >= 15 is 0 Å². The van der Waals surface area contributed by atoms with Gasteiger partial charge in [0.15, 0.2) is 0 Å². The van der Waals surface area contributed by atoms with Crippen molar-refractivity contribution in [2.24, 2.45) is 0 Å². The minimum Gasteiger partial charge on any atom is -0.349 e. The molecule has 1 N–H and O–H groups in total. The summed E-state index contributed by atoms with van der Waals surface area (Å²) in [6, 6.07) is 20.0. The lowest BCUT2D eigenvalue weighted by Crippen LogP contribution is -2.57. The maximum Gasteiger partial charge on any atom is 0.209 e. The quantitative estimate of drug-likeness (QED) is 0.268. The van der Waals surface area contributed by atoms with E-state index in [1.54, 1.807) is 0 Å². The summed E-state index contributed by atoms with van der Waals surface area (Å²) in [5.41, 5.74) is 4.76. The van der Waals surface area contributed by atoms with E-state index in [0.29, 0.717) is 12.1 Å². The second kappa shape index (κ2) is 9.84. The van der Waals surface area contributed by atoms with Gasteiger partial charge in [0, 0.05) is 42.4 Å². The van der Waals surface area contributed by atoms with Crippen molar-refractivity contribution in [3.05, 3.63) is 79.4 Å². The van der Waals surface area contributed by atoms with Gasteiger partial charge in [-0.15, -0.1) is 0 Å². The van der Waals surface area contributed by atoms with Gasteiger partial charge in [-0.2, -0.15) is 0 Å². The Labute approximate surface area is 224 Å². The fourth-order valence-corrected chi connectivity index (χ4v) is 6.12. The van der Waals surface area contributed by atoms with Crippen LogP contribution < -0.4 is 5.32 Å². The van der Waals surface area contributed by atoms with Crippen molar-refractivity contribution < 1.29 is 0 Å². The number of piperidine rings is 1. The van der Waals surface area contributed by atoms with E-state index < -0.39 is 0 Å². The van der Waals surface area contributed by atoms with E-state index in [1.165, 1.54) is 30.0 Å². The van der Waals surface area contributed by atoms with Gasteiger partial charge < -0.3 is 5.32 Å². The molecule has 1 unspecified atom stereocenters. The Bertz CT molecular complexity index is 1570. The number of hydrogen-bond acceptors (Lipinski definition) is 5. The Hall–Kier alpha value is -3.77. The highest BCUT2D eigenvalue weighted by molar-refractivity contribution is 5.95. The summed E-state index contributed by atoms with van der Waals surface area (Å²) in [5.74, 6) is 0.813. The third-order valence-electron chi connectivity index (χ3n) is 8.01. The normalized spacial score (nSPS) is 16.9. The van der Waals surface area contributed by atoms with E-state index in [9.17, 15) is 0 Å². The molecule has 6 heteroatoms. The van der Waals surface area contributed by atoms with Crippen LogP contribution in [0.3, 0.4) is 0 Å². The SMILES string of the molecule is CC(C)N1CCCCC1C(C)(C)Nc1nc(-c2ccncc2)c(-c2ccc3ccccc3c2)c2nccn12. The van der Waals surface area contributed by atoms with Crippen molar-refractivity contribution in [2.45, 2.75) is 64.6 Å². The third kappa shape index (κ3) is 4.43. The van der Waals surface area contributed by atoms with Crippen LogP contribution in [0, 0.1) is 0 Å². The van der Waals surface area contributed by atoms with Crippen molar-refractivity contribution in [2.75, 3.05) is 11.9 Å².